The van der Waals surface area contributed by atoms with Crippen LogP contribution in [0.15, 0.2) is 12.3 Å². The molecule has 1 aliphatic carbocycles. The molecule has 0 spiro atoms. The molecule has 2 aliphatic rings. The van der Waals surface area contributed by atoms with E-state index in [0.29, 0.717) is 29.7 Å². The lowest BCUT2D eigenvalue weighted by Gasteiger charge is -2.46. The van der Waals surface area contributed by atoms with Crippen LogP contribution in [0.2, 0.25) is 0 Å². The van der Waals surface area contributed by atoms with Crippen LogP contribution in [0, 0.1) is 11.8 Å². The third-order valence-electron chi connectivity index (χ3n) is 7.56. The summed E-state index contributed by atoms with van der Waals surface area (Å²) >= 11 is 0. The van der Waals surface area contributed by atoms with Crippen molar-refractivity contribution in [3.63, 3.8) is 0 Å². The van der Waals surface area contributed by atoms with Crippen molar-refractivity contribution >= 4 is 11.6 Å². The average molecular weight is 415 g/mol. The molecule has 0 aromatic carbocycles. The van der Waals surface area contributed by atoms with Gasteiger partial charge in [-0.15, -0.1) is 0 Å². The van der Waals surface area contributed by atoms with Crippen molar-refractivity contribution in [3.05, 3.63) is 18.1 Å². The summed E-state index contributed by atoms with van der Waals surface area (Å²) in [5, 5.41) is 0. The van der Waals surface area contributed by atoms with Crippen LogP contribution >= 0.6 is 0 Å². The lowest BCUT2D eigenvalue weighted by molar-refractivity contribution is -0.123. The van der Waals surface area contributed by atoms with Crippen LogP contribution < -0.4 is 4.90 Å². The molecule has 0 N–H and O–H groups in total. The molecule has 1 saturated carbocycles. The van der Waals surface area contributed by atoms with Gasteiger partial charge in [-0.1, -0.05) is 27.7 Å². The fourth-order valence-electron chi connectivity index (χ4n) is 5.34. The van der Waals surface area contributed by atoms with Gasteiger partial charge in [0, 0.05) is 49.6 Å². The summed E-state index contributed by atoms with van der Waals surface area (Å²) in [7, 11) is 2.23. The molecule has 1 aromatic rings. The molecule has 1 aliphatic heterocycles. The lowest BCUT2D eigenvalue weighted by Crippen LogP contribution is -2.57. The van der Waals surface area contributed by atoms with E-state index in [0.717, 1.165) is 76.1 Å². The van der Waals surface area contributed by atoms with Crippen LogP contribution in [0.1, 0.15) is 90.8 Å². The molecule has 2 fully saturated rings. The Bertz CT molecular complexity index is 671. The topological polar surface area (TPSA) is 49.3 Å². The summed E-state index contributed by atoms with van der Waals surface area (Å²) in [6.45, 7) is 10.9. The van der Waals surface area contributed by atoms with E-state index in [1.807, 2.05) is 6.20 Å². The molecule has 0 amide bonds. The number of nitrogens with zero attached hydrogens (tertiary/aromatic N) is 4. The van der Waals surface area contributed by atoms with Gasteiger partial charge < -0.3 is 9.80 Å². The Kier molecular flexibility index (Phi) is 8.27. The number of rotatable bonds is 8. The number of anilines is 1. The summed E-state index contributed by atoms with van der Waals surface area (Å²) in [5.74, 6) is 3.78. The van der Waals surface area contributed by atoms with Gasteiger partial charge in [0.25, 0.3) is 0 Å². The molecule has 30 heavy (non-hydrogen) atoms. The van der Waals surface area contributed by atoms with Crippen LogP contribution in [0.25, 0.3) is 0 Å². The molecule has 5 nitrogen and oxygen atoms in total. The highest BCUT2D eigenvalue weighted by molar-refractivity contribution is 5.80. The third kappa shape index (κ3) is 5.40. The highest BCUT2D eigenvalue weighted by Crippen LogP contribution is 2.37. The molecule has 5 heteroatoms. The normalized spacial score (nSPS) is 29.0. The van der Waals surface area contributed by atoms with Crippen LogP contribution in [-0.2, 0) is 4.79 Å². The molecule has 3 rings (SSSR count). The monoisotopic (exact) mass is 414 g/mol. The minimum absolute atomic E-state index is 0.212. The van der Waals surface area contributed by atoms with E-state index in [2.05, 4.69) is 55.6 Å². The summed E-state index contributed by atoms with van der Waals surface area (Å²) in [6.07, 6.45) is 10.4. The fraction of sp³-hybridized carbons (Fsp3) is 0.800. The average Bonchev–Trinajstić information content (AvgIpc) is 2.78. The van der Waals surface area contributed by atoms with Gasteiger partial charge in [0.15, 0.2) is 0 Å². The highest BCUT2D eigenvalue weighted by atomic mass is 16.1. The zero-order valence-electron chi connectivity index (χ0n) is 19.8. The number of likely N-dealkylation sites (N-methyl/N-ethyl adjacent to an activating group) is 1. The zero-order chi connectivity index (χ0) is 21.7. The van der Waals surface area contributed by atoms with Gasteiger partial charge in [0.2, 0.25) is 0 Å². The van der Waals surface area contributed by atoms with Crippen molar-refractivity contribution in [2.45, 2.75) is 97.1 Å². The zero-order valence-corrected chi connectivity index (χ0v) is 19.8. The maximum absolute atomic E-state index is 12.3. The molecule has 0 bridgehead atoms. The predicted molar refractivity (Wildman–Crippen MR) is 124 cm³/mol. The standard InChI is InChI=1S/C25H42N4O/c1-6-18(4)23(30)15-19-9-11-20(12-10-19)25-26-14-13-24(27-25)29-21(7-2)16-28(5)17-22(29)8-3/h13-14,18-22H,6-12,15-17H2,1-5H3/t18?,19-,20+,21?,22?. The molecular weight excluding hydrogens is 372 g/mol. The molecule has 2 heterocycles. The van der Waals surface area contributed by atoms with Gasteiger partial charge in [0.05, 0.1) is 0 Å². The summed E-state index contributed by atoms with van der Waals surface area (Å²) in [6, 6.07) is 3.13. The van der Waals surface area contributed by atoms with E-state index in [4.69, 9.17) is 4.98 Å². The van der Waals surface area contributed by atoms with Crippen molar-refractivity contribution in [2.24, 2.45) is 11.8 Å². The molecule has 168 valence electrons. The summed E-state index contributed by atoms with van der Waals surface area (Å²) < 4.78 is 0. The predicted octanol–water partition coefficient (Wildman–Crippen LogP) is 5.06. The van der Waals surface area contributed by atoms with E-state index in [1.54, 1.807) is 0 Å². The van der Waals surface area contributed by atoms with Crippen molar-refractivity contribution in [1.82, 2.24) is 14.9 Å². The minimum atomic E-state index is 0.212. The van der Waals surface area contributed by atoms with Crippen LogP contribution in [0.4, 0.5) is 5.82 Å². The highest BCUT2D eigenvalue weighted by Gasteiger charge is 2.33. The number of carbonyl (C=O) groups is 1. The molecule has 3 unspecified atom stereocenters. The Morgan fingerprint density at radius 2 is 1.73 bits per heavy atom. The number of piperazine rings is 1. The smallest absolute Gasteiger partial charge is 0.135 e. The van der Waals surface area contributed by atoms with Crippen LogP contribution in [0.3, 0.4) is 0 Å². The molecule has 1 saturated heterocycles. The second-order valence-corrected chi connectivity index (χ2v) is 9.72. The first-order valence-corrected chi connectivity index (χ1v) is 12.3. The van der Waals surface area contributed by atoms with Crippen molar-refractivity contribution in [1.29, 1.82) is 0 Å². The second-order valence-electron chi connectivity index (χ2n) is 9.72. The Balaban J connectivity index is 1.66. The Hall–Kier alpha value is -1.49. The van der Waals surface area contributed by atoms with E-state index in [9.17, 15) is 4.79 Å². The Morgan fingerprint density at radius 1 is 1.10 bits per heavy atom. The van der Waals surface area contributed by atoms with E-state index in [-0.39, 0.29) is 5.92 Å². The van der Waals surface area contributed by atoms with E-state index in [1.165, 1.54) is 0 Å². The minimum Gasteiger partial charge on any atom is -0.348 e. The third-order valence-corrected chi connectivity index (χ3v) is 7.56. The maximum Gasteiger partial charge on any atom is 0.135 e. The van der Waals surface area contributed by atoms with E-state index < -0.39 is 0 Å². The molecule has 1 aromatic heterocycles. The number of aromatic nitrogens is 2. The first kappa shape index (κ1) is 23.2. The van der Waals surface area contributed by atoms with Crippen LogP contribution in [-0.4, -0.2) is 52.9 Å². The van der Waals surface area contributed by atoms with E-state index >= 15 is 0 Å². The van der Waals surface area contributed by atoms with Gasteiger partial charge in [-0.3, -0.25) is 4.79 Å². The van der Waals surface area contributed by atoms with Crippen molar-refractivity contribution in [2.75, 3.05) is 25.0 Å². The number of Topliss-reactive ketones (excluding diaryl/α,β-unsaturated/α-hetero) is 1. The SMILES string of the molecule is CCC(C)C(=O)C[C@H]1CC[C@@H](c2nccc(N3C(CC)CN(C)CC3CC)n2)CC1. The van der Waals surface area contributed by atoms with Gasteiger partial charge in [-0.2, -0.15) is 0 Å². The first-order valence-electron chi connectivity index (χ1n) is 12.3. The molecule has 0 radical (unpaired) electrons. The number of hydrogen-bond acceptors (Lipinski definition) is 5. The van der Waals surface area contributed by atoms with Crippen molar-refractivity contribution < 1.29 is 4.79 Å². The quantitative estimate of drug-likeness (QED) is 0.595. The van der Waals surface area contributed by atoms with Gasteiger partial charge in [0.1, 0.15) is 17.4 Å². The van der Waals surface area contributed by atoms with Gasteiger partial charge in [-0.05, 0) is 64.0 Å². The van der Waals surface area contributed by atoms with Crippen molar-refractivity contribution in [3.8, 4) is 0 Å². The van der Waals surface area contributed by atoms with Crippen LogP contribution in [0.5, 0.6) is 0 Å². The first-order chi connectivity index (χ1) is 14.5. The Labute approximate surface area is 183 Å². The number of ketones is 1. The lowest BCUT2D eigenvalue weighted by atomic mass is 9.78. The van der Waals surface area contributed by atoms with Gasteiger partial charge in [-0.25, -0.2) is 9.97 Å². The molecule has 3 atom stereocenters. The fourth-order valence-corrected chi connectivity index (χ4v) is 5.34. The molecular formula is C25H42N4O. The Morgan fingerprint density at radius 3 is 2.30 bits per heavy atom. The second kappa shape index (κ2) is 10.7. The maximum atomic E-state index is 12.3. The largest absolute Gasteiger partial charge is 0.348 e. The number of hydrogen-bond donors (Lipinski definition) is 0. The summed E-state index contributed by atoms with van der Waals surface area (Å²) in [4.78, 5) is 27.1. The van der Waals surface area contributed by atoms with Gasteiger partial charge >= 0.3 is 0 Å². The summed E-state index contributed by atoms with van der Waals surface area (Å²) in [5.41, 5.74) is 0. The number of carbonyl (C=O) groups excluding carboxylic acids is 1.